The number of nitrogens with zero attached hydrogens (tertiary/aromatic N) is 1. The topological polar surface area (TPSA) is 15.3 Å². The predicted molar refractivity (Wildman–Crippen MR) is 75.1 cm³/mol. The fourth-order valence-corrected chi connectivity index (χ4v) is 2.63. The van der Waals surface area contributed by atoms with Crippen molar-refractivity contribution in [2.45, 2.75) is 45.5 Å². The summed E-state index contributed by atoms with van der Waals surface area (Å²) in [6.45, 7) is 7.54. The summed E-state index contributed by atoms with van der Waals surface area (Å²) in [5.41, 5.74) is 1.02. The van der Waals surface area contributed by atoms with Crippen LogP contribution in [0.5, 0.6) is 0 Å². The molecular weight excluding hydrogens is 265 g/mol. The monoisotopic (exact) mass is 286 g/mol. The highest BCUT2D eigenvalue weighted by atomic mass is 19.4. The van der Waals surface area contributed by atoms with E-state index in [1.807, 2.05) is 13.8 Å². The lowest BCUT2D eigenvalue weighted by Crippen LogP contribution is -2.55. The fourth-order valence-electron chi connectivity index (χ4n) is 2.63. The molecule has 0 saturated carbocycles. The molecule has 1 N–H and O–H groups in total. The summed E-state index contributed by atoms with van der Waals surface area (Å²) in [4.78, 5) is 2.09. The normalized spacial score (nSPS) is 24.0. The molecule has 2 atom stereocenters. The quantitative estimate of drug-likeness (QED) is 0.894. The second kappa shape index (κ2) is 5.64. The minimum atomic E-state index is -4.29. The lowest BCUT2D eigenvalue weighted by Gasteiger charge is -2.41. The molecule has 1 heterocycles. The first-order valence-corrected chi connectivity index (χ1v) is 7.00. The van der Waals surface area contributed by atoms with Crippen LogP contribution in [0.1, 0.15) is 31.4 Å². The third-order valence-corrected chi connectivity index (χ3v) is 3.99. The van der Waals surface area contributed by atoms with Crippen LogP contribution in [0, 0.1) is 6.92 Å². The number of piperazine rings is 1. The first-order chi connectivity index (χ1) is 9.32. The smallest absolute Gasteiger partial charge is 0.366 e. The standard InChI is InChI=1S/C15H21F3N2/c1-4-13-9-20(11(3)8-19-13)14-7-12(15(16,17)18)6-5-10(14)2/h5-7,11,13,19H,4,8-9H2,1-3H3. The molecule has 0 amide bonds. The van der Waals surface area contributed by atoms with E-state index >= 15 is 0 Å². The van der Waals surface area contributed by atoms with Gasteiger partial charge in [0.1, 0.15) is 0 Å². The number of hydrogen-bond acceptors (Lipinski definition) is 2. The van der Waals surface area contributed by atoms with Gasteiger partial charge in [-0.2, -0.15) is 13.2 Å². The van der Waals surface area contributed by atoms with Crippen LogP contribution in [0.25, 0.3) is 0 Å². The van der Waals surface area contributed by atoms with Gasteiger partial charge in [-0.25, -0.2) is 0 Å². The van der Waals surface area contributed by atoms with Crippen LogP contribution in [0.2, 0.25) is 0 Å². The molecule has 1 fully saturated rings. The van der Waals surface area contributed by atoms with Crippen molar-refractivity contribution in [2.24, 2.45) is 0 Å². The largest absolute Gasteiger partial charge is 0.416 e. The van der Waals surface area contributed by atoms with E-state index in [1.165, 1.54) is 6.07 Å². The number of halogens is 3. The molecule has 0 radical (unpaired) electrons. The van der Waals surface area contributed by atoms with E-state index in [0.29, 0.717) is 11.7 Å². The summed E-state index contributed by atoms with van der Waals surface area (Å²) in [7, 11) is 0. The Kier molecular flexibility index (Phi) is 4.28. The van der Waals surface area contributed by atoms with Gasteiger partial charge in [-0.15, -0.1) is 0 Å². The van der Waals surface area contributed by atoms with E-state index < -0.39 is 11.7 Å². The van der Waals surface area contributed by atoms with Crippen LogP contribution in [0.3, 0.4) is 0 Å². The summed E-state index contributed by atoms with van der Waals surface area (Å²) in [6, 6.07) is 4.53. The van der Waals surface area contributed by atoms with Crippen molar-refractivity contribution in [3.8, 4) is 0 Å². The molecule has 0 spiro atoms. The van der Waals surface area contributed by atoms with E-state index in [2.05, 4.69) is 17.1 Å². The lowest BCUT2D eigenvalue weighted by molar-refractivity contribution is -0.137. The molecule has 1 aromatic rings. The molecule has 2 unspecified atom stereocenters. The lowest BCUT2D eigenvalue weighted by atomic mass is 10.0. The van der Waals surface area contributed by atoms with Gasteiger partial charge in [-0.1, -0.05) is 13.0 Å². The molecule has 0 aromatic heterocycles. The summed E-state index contributed by atoms with van der Waals surface area (Å²) in [5.74, 6) is 0. The zero-order valence-electron chi connectivity index (χ0n) is 12.1. The molecule has 0 aliphatic carbocycles. The molecule has 1 aliphatic rings. The van der Waals surface area contributed by atoms with Crippen molar-refractivity contribution >= 4 is 5.69 Å². The van der Waals surface area contributed by atoms with E-state index in [0.717, 1.165) is 31.1 Å². The van der Waals surface area contributed by atoms with E-state index in [-0.39, 0.29) is 6.04 Å². The van der Waals surface area contributed by atoms with Crippen LogP contribution in [0.15, 0.2) is 18.2 Å². The fraction of sp³-hybridized carbons (Fsp3) is 0.600. The van der Waals surface area contributed by atoms with Crippen molar-refractivity contribution in [1.29, 1.82) is 0 Å². The summed E-state index contributed by atoms with van der Waals surface area (Å²) < 4.78 is 38.6. The molecule has 112 valence electrons. The number of anilines is 1. The zero-order valence-corrected chi connectivity index (χ0v) is 12.1. The number of aryl methyl sites for hydroxylation is 1. The maximum atomic E-state index is 12.9. The first-order valence-electron chi connectivity index (χ1n) is 7.00. The second-order valence-electron chi connectivity index (χ2n) is 5.51. The van der Waals surface area contributed by atoms with Gasteiger partial charge < -0.3 is 10.2 Å². The molecule has 1 saturated heterocycles. The van der Waals surface area contributed by atoms with Gasteiger partial charge in [0.15, 0.2) is 0 Å². The second-order valence-corrected chi connectivity index (χ2v) is 5.51. The third kappa shape index (κ3) is 3.08. The van der Waals surface area contributed by atoms with Gasteiger partial charge in [0.05, 0.1) is 5.56 Å². The SMILES string of the molecule is CCC1CN(c2cc(C(F)(F)F)ccc2C)C(C)CN1. The van der Waals surface area contributed by atoms with E-state index in [4.69, 9.17) is 0 Å². The van der Waals surface area contributed by atoms with Crippen molar-refractivity contribution < 1.29 is 13.2 Å². The van der Waals surface area contributed by atoms with Crippen molar-refractivity contribution in [2.75, 3.05) is 18.0 Å². The molecule has 0 bridgehead atoms. The van der Waals surface area contributed by atoms with Crippen LogP contribution < -0.4 is 10.2 Å². The van der Waals surface area contributed by atoms with Crippen LogP contribution in [-0.4, -0.2) is 25.2 Å². The van der Waals surface area contributed by atoms with Crippen LogP contribution in [0.4, 0.5) is 18.9 Å². The van der Waals surface area contributed by atoms with Gasteiger partial charge in [-0.05, 0) is 38.0 Å². The molecule has 2 rings (SSSR count). The molecular formula is C15H21F3N2. The molecule has 1 aromatic carbocycles. The summed E-state index contributed by atoms with van der Waals surface area (Å²) >= 11 is 0. The highest BCUT2D eigenvalue weighted by Gasteiger charge is 2.32. The highest BCUT2D eigenvalue weighted by Crippen LogP contribution is 2.34. The average Bonchev–Trinajstić information content (AvgIpc) is 2.39. The molecule has 1 aliphatic heterocycles. The van der Waals surface area contributed by atoms with Crippen molar-refractivity contribution in [3.05, 3.63) is 29.3 Å². The van der Waals surface area contributed by atoms with Crippen molar-refractivity contribution in [1.82, 2.24) is 5.32 Å². The number of nitrogens with one attached hydrogen (secondary N) is 1. The van der Waals surface area contributed by atoms with Gasteiger partial charge >= 0.3 is 6.18 Å². The van der Waals surface area contributed by atoms with Crippen molar-refractivity contribution in [3.63, 3.8) is 0 Å². The van der Waals surface area contributed by atoms with Crippen LogP contribution >= 0.6 is 0 Å². The van der Waals surface area contributed by atoms with Gasteiger partial charge in [0, 0.05) is 30.9 Å². The maximum Gasteiger partial charge on any atom is 0.416 e. The van der Waals surface area contributed by atoms with Gasteiger partial charge in [0.2, 0.25) is 0 Å². The Morgan fingerprint density at radius 1 is 1.35 bits per heavy atom. The number of benzene rings is 1. The highest BCUT2D eigenvalue weighted by molar-refractivity contribution is 5.56. The molecule has 5 heteroatoms. The van der Waals surface area contributed by atoms with Gasteiger partial charge in [-0.3, -0.25) is 0 Å². The minimum absolute atomic E-state index is 0.194. The Hall–Kier alpha value is -1.23. The summed E-state index contributed by atoms with van der Waals surface area (Å²) in [5, 5.41) is 3.42. The van der Waals surface area contributed by atoms with Crippen LogP contribution in [-0.2, 0) is 6.18 Å². The number of alkyl halides is 3. The van der Waals surface area contributed by atoms with E-state index in [9.17, 15) is 13.2 Å². The Bertz CT molecular complexity index is 471. The number of rotatable bonds is 2. The molecule has 20 heavy (non-hydrogen) atoms. The average molecular weight is 286 g/mol. The predicted octanol–water partition coefficient (Wildman–Crippen LogP) is 3.59. The first kappa shape index (κ1) is 15.2. The third-order valence-electron chi connectivity index (χ3n) is 3.99. The van der Waals surface area contributed by atoms with E-state index in [1.54, 1.807) is 6.07 Å². The Morgan fingerprint density at radius 3 is 2.65 bits per heavy atom. The Balaban J connectivity index is 2.35. The summed E-state index contributed by atoms with van der Waals surface area (Å²) in [6.07, 6.45) is -3.31. The maximum absolute atomic E-state index is 12.9. The molecule has 2 nitrogen and oxygen atoms in total. The van der Waals surface area contributed by atoms with Gasteiger partial charge in [0.25, 0.3) is 0 Å². The number of hydrogen-bond donors (Lipinski definition) is 1. The zero-order chi connectivity index (χ0) is 14.9. The minimum Gasteiger partial charge on any atom is -0.366 e. The Labute approximate surface area is 118 Å². The Morgan fingerprint density at radius 2 is 2.05 bits per heavy atom.